The van der Waals surface area contributed by atoms with Gasteiger partial charge >= 0.3 is 5.97 Å². The first-order valence-electron chi connectivity index (χ1n) is 4.65. The molecule has 0 spiro atoms. The highest BCUT2D eigenvalue weighted by molar-refractivity contribution is 9.10. The Labute approximate surface area is 102 Å². The third kappa shape index (κ3) is 3.18. The summed E-state index contributed by atoms with van der Waals surface area (Å²) in [5.41, 5.74) is 1.65. The van der Waals surface area contributed by atoms with Crippen LogP contribution in [0.5, 0.6) is 0 Å². The molecule has 0 atom stereocenters. The van der Waals surface area contributed by atoms with E-state index in [4.69, 9.17) is 4.74 Å². The van der Waals surface area contributed by atoms with Gasteiger partial charge in [0.25, 0.3) is 0 Å². The zero-order valence-electron chi connectivity index (χ0n) is 8.96. The van der Waals surface area contributed by atoms with Crippen LogP contribution in [0.1, 0.15) is 25.6 Å². The quantitative estimate of drug-likeness (QED) is 0.623. The van der Waals surface area contributed by atoms with E-state index in [0.29, 0.717) is 12.2 Å². The van der Waals surface area contributed by atoms with Crippen LogP contribution in [0.15, 0.2) is 21.5 Å². The van der Waals surface area contributed by atoms with Gasteiger partial charge in [0, 0.05) is 20.3 Å². The van der Waals surface area contributed by atoms with Crippen molar-refractivity contribution in [2.45, 2.75) is 20.8 Å². The molecule has 0 N–H and O–H groups in total. The molecule has 1 rings (SSSR count). The topological polar surface area (TPSA) is 26.3 Å². The fourth-order valence-corrected chi connectivity index (χ4v) is 2.58. The molecule has 0 saturated heterocycles. The standard InChI is InChI=1S/C11H13BrO2S/c1-4-14-11(13)8(3)7(2)10-5-9(12)6-15-10/h5-6H,4H2,1-3H3. The SMILES string of the molecule is CCOC(=O)C(C)=C(C)c1cc(Br)cs1. The van der Waals surface area contributed by atoms with E-state index in [-0.39, 0.29) is 5.97 Å². The molecular formula is C11H13BrO2S. The highest BCUT2D eigenvalue weighted by Crippen LogP contribution is 2.28. The average molecular weight is 289 g/mol. The summed E-state index contributed by atoms with van der Waals surface area (Å²) >= 11 is 5.00. The predicted molar refractivity (Wildman–Crippen MR) is 66.9 cm³/mol. The molecule has 0 aliphatic carbocycles. The van der Waals surface area contributed by atoms with Gasteiger partial charge in [-0.3, -0.25) is 0 Å². The molecule has 15 heavy (non-hydrogen) atoms. The molecule has 82 valence electrons. The van der Waals surface area contributed by atoms with Crippen LogP contribution < -0.4 is 0 Å². The normalized spacial score (nSPS) is 12.3. The second-order valence-electron chi connectivity index (χ2n) is 3.10. The van der Waals surface area contributed by atoms with Gasteiger partial charge in [-0.25, -0.2) is 4.79 Å². The molecule has 0 unspecified atom stereocenters. The monoisotopic (exact) mass is 288 g/mol. The Kier molecular flexibility index (Phi) is 4.54. The summed E-state index contributed by atoms with van der Waals surface area (Å²) in [5.74, 6) is -0.237. The summed E-state index contributed by atoms with van der Waals surface area (Å²) in [6.45, 7) is 5.95. The molecule has 1 aromatic rings. The molecule has 0 saturated carbocycles. The van der Waals surface area contributed by atoms with Crippen LogP contribution in [-0.4, -0.2) is 12.6 Å². The van der Waals surface area contributed by atoms with Crippen LogP contribution in [-0.2, 0) is 9.53 Å². The van der Waals surface area contributed by atoms with Crippen molar-refractivity contribution in [2.75, 3.05) is 6.61 Å². The summed E-state index contributed by atoms with van der Waals surface area (Å²) in [4.78, 5) is 12.6. The third-order valence-corrected chi connectivity index (χ3v) is 3.89. The van der Waals surface area contributed by atoms with Crippen molar-refractivity contribution in [3.8, 4) is 0 Å². The molecule has 0 bridgehead atoms. The Morgan fingerprint density at radius 1 is 1.53 bits per heavy atom. The second kappa shape index (κ2) is 5.47. The maximum Gasteiger partial charge on any atom is 0.334 e. The molecule has 2 nitrogen and oxygen atoms in total. The minimum atomic E-state index is -0.237. The van der Waals surface area contributed by atoms with Crippen molar-refractivity contribution < 1.29 is 9.53 Å². The highest BCUT2D eigenvalue weighted by Gasteiger charge is 2.11. The van der Waals surface area contributed by atoms with E-state index in [9.17, 15) is 4.79 Å². The van der Waals surface area contributed by atoms with E-state index in [1.807, 2.05) is 25.3 Å². The van der Waals surface area contributed by atoms with Gasteiger partial charge in [-0.2, -0.15) is 0 Å². The lowest BCUT2D eigenvalue weighted by molar-refractivity contribution is -0.138. The number of rotatable bonds is 3. The average Bonchev–Trinajstić information content (AvgIpc) is 2.63. The second-order valence-corrected chi connectivity index (χ2v) is 4.93. The van der Waals surface area contributed by atoms with Gasteiger partial charge in [-0.05, 0) is 48.3 Å². The van der Waals surface area contributed by atoms with Crippen LogP contribution in [0.25, 0.3) is 5.57 Å². The number of hydrogen-bond donors (Lipinski definition) is 0. The Morgan fingerprint density at radius 3 is 2.67 bits per heavy atom. The first-order valence-corrected chi connectivity index (χ1v) is 6.32. The number of allylic oxidation sites excluding steroid dienone is 1. The van der Waals surface area contributed by atoms with Gasteiger partial charge in [0.05, 0.1) is 6.61 Å². The fraction of sp³-hybridized carbons (Fsp3) is 0.364. The Morgan fingerprint density at radius 2 is 2.20 bits per heavy atom. The van der Waals surface area contributed by atoms with E-state index < -0.39 is 0 Å². The Bertz CT molecular complexity index is 393. The van der Waals surface area contributed by atoms with Crippen molar-refractivity contribution in [1.82, 2.24) is 0 Å². The van der Waals surface area contributed by atoms with E-state index in [1.165, 1.54) is 0 Å². The smallest absolute Gasteiger partial charge is 0.334 e. The van der Waals surface area contributed by atoms with Crippen LogP contribution in [0.4, 0.5) is 0 Å². The van der Waals surface area contributed by atoms with E-state index in [0.717, 1.165) is 14.9 Å². The minimum Gasteiger partial charge on any atom is -0.463 e. The number of halogens is 1. The maximum absolute atomic E-state index is 11.5. The highest BCUT2D eigenvalue weighted by atomic mass is 79.9. The van der Waals surface area contributed by atoms with Crippen LogP contribution in [0, 0.1) is 0 Å². The zero-order valence-corrected chi connectivity index (χ0v) is 11.4. The Hall–Kier alpha value is -0.610. The summed E-state index contributed by atoms with van der Waals surface area (Å²) in [6, 6.07) is 2.00. The first kappa shape index (κ1) is 12.5. The lowest BCUT2D eigenvalue weighted by Gasteiger charge is -2.05. The van der Waals surface area contributed by atoms with Crippen molar-refractivity contribution >= 4 is 38.8 Å². The maximum atomic E-state index is 11.5. The van der Waals surface area contributed by atoms with Crippen LogP contribution >= 0.6 is 27.3 Å². The lowest BCUT2D eigenvalue weighted by Crippen LogP contribution is -2.06. The number of carbonyl (C=O) groups excluding carboxylic acids is 1. The van der Waals surface area contributed by atoms with Gasteiger partial charge in [0.2, 0.25) is 0 Å². The number of esters is 1. The van der Waals surface area contributed by atoms with Gasteiger partial charge < -0.3 is 4.74 Å². The molecule has 0 aromatic carbocycles. The molecule has 0 amide bonds. The summed E-state index contributed by atoms with van der Waals surface area (Å²) in [6.07, 6.45) is 0. The number of hydrogen-bond acceptors (Lipinski definition) is 3. The zero-order chi connectivity index (χ0) is 11.4. The van der Waals surface area contributed by atoms with E-state index >= 15 is 0 Å². The molecule has 0 fully saturated rings. The number of ether oxygens (including phenoxy) is 1. The molecule has 0 aliphatic rings. The third-order valence-electron chi connectivity index (χ3n) is 2.08. The van der Waals surface area contributed by atoms with Gasteiger partial charge in [-0.15, -0.1) is 11.3 Å². The van der Waals surface area contributed by atoms with Crippen molar-refractivity contribution in [2.24, 2.45) is 0 Å². The van der Waals surface area contributed by atoms with Crippen molar-refractivity contribution in [3.05, 3.63) is 26.4 Å². The summed E-state index contributed by atoms with van der Waals surface area (Å²) < 4.78 is 5.99. The summed E-state index contributed by atoms with van der Waals surface area (Å²) in [5, 5.41) is 2.00. The lowest BCUT2D eigenvalue weighted by atomic mass is 10.1. The van der Waals surface area contributed by atoms with E-state index in [1.54, 1.807) is 18.3 Å². The minimum absolute atomic E-state index is 0.237. The van der Waals surface area contributed by atoms with Crippen LogP contribution in [0.2, 0.25) is 0 Å². The van der Waals surface area contributed by atoms with Gasteiger partial charge in [-0.1, -0.05) is 0 Å². The molecule has 0 aliphatic heterocycles. The van der Waals surface area contributed by atoms with Crippen molar-refractivity contribution in [3.63, 3.8) is 0 Å². The largest absolute Gasteiger partial charge is 0.463 e. The van der Waals surface area contributed by atoms with Crippen LogP contribution in [0.3, 0.4) is 0 Å². The fourth-order valence-electron chi connectivity index (χ4n) is 1.09. The van der Waals surface area contributed by atoms with E-state index in [2.05, 4.69) is 15.9 Å². The molecule has 0 radical (unpaired) electrons. The van der Waals surface area contributed by atoms with Gasteiger partial charge in [0.15, 0.2) is 0 Å². The molecule has 1 aromatic heterocycles. The number of carbonyl (C=O) groups is 1. The molecule has 4 heteroatoms. The van der Waals surface area contributed by atoms with Gasteiger partial charge in [0.1, 0.15) is 0 Å². The first-order chi connectivity index (χ1) is 7.06. The molecule has 1 heterocycles. The van der Waals surface area contributed by atoms with Crippen molar-refractivity contribution in [1.29, 1.82) is 0 Å². The predicted octanol–water partition coefficient (Wildman–Crippen LogP) is 3.87. The summed E-state index contributed by atoms with van der Waals surface area (Å²) in [7, 11) is 0. The molecular weight excluding hydrogens is 276 g/mol. The number of thiophene rings is 1. The Balaban J connectivity index is 2.94.